The summed E-state index contributed by atoms with van der Waals surface area (Å²) < 4.78 is 16.6. The molecule has 1 saturated carbocycles. The average Bonchev–Trinajstić information content (AvgIpc) is 2.65. The van der Waals surface area contributed by atoms with Crippen LogP contribution in [-0.4, -0.2) is 40.9 Å². The predicted octanol–water partition coefficient (Wildman–Crippen LogP) is 5.99. The number of rotatable bonds is 1. The van der Waals surface area contributed by atoms with Crippen molar-refractivity contribution in [3.05, 3.63) is 29.3 Å². The smallest absolute Gasteiger partial charge is 0.444 e. The van der Waals surface area contributed by atoms with E-state index in [1.54, 1.807) is 0 Å². The monoisotopic (exact) mass is 443 g/mol. The minimum absolute atomic E-state index is 0.0301. The van der Waals surface area contributed by atoms with Gasteiger partial charge in [0.15, 0.2) is 0 Å². The Kier molecular flexibility index (Phi) is 5.71. The van der Waals surface area contributed by atoms with Crippen LogP contribution >= 0.6 is 0 Å². The molecule has 1 amide bonds. The minimum Gasteiger partial charge on any atom is -0.444 e. The largest absolute Gasteiger partial charge is 0.514 e. The molecule has 0 radical (unpaired) electrons. The van der Waals surface area contributed by atoms with Gasteiger partial charge in [0.1, 0.15) is 17.0 Å². The first-order valence-electron chi connectivity index (χ1n) is 11.9. The average molecular weight is 444 g/mol. The van der Waals surface area contributed by atoms with E-state index in [-0.39, 0.29) is 17.6 Å². The van der Waals surface area contributed by atoms with Crippen LogP contribution in [0, 0.1) is 5.92 Å². The fourth-order valence-electron chi connectivity index (χ4n) is 5.96. The molecule has 1 heterocycles. The zero-order valence-corrected chi connectivity index (χ0v) is 20.3. The Morgan fingerprint density at radius 1 is 1.00 bits per heavy atom. The van der Waals surface area contributed by atoms with Crippen LogP contribution in [-0.2, 0) is 21.3 Å². The molecule has 6 heteroatoms. The molecule has 1 aliphatic heterocycles. The molecule has 176 valence electrons. The summed E-state index contributed by atoms with van der Waals surface area (Å²) in [5.41, 5.74) is 1.47. The van der Waals surface area contributed by atoms with Crippen molar-refractivity contribution in [3.63, 3.8) is 0 Å². The van der Waals surface area contributed by atoms with Crippen LogP contribution in [0.2, 0.25) is 0 Å². The summed E-state index contributed by atoms with van der Waals surface area (Å²) in [5, 5.41) is 0. The van der Waals surface area contributed by atoms with Crippen LogP contribution in [0.25, 0.3) is 0 Å². The number of likely N-dealkylation sites (tertiary alicyclic amines) is 1. The van der Waals surface area contributed by atoms with E-state index in [0.29, 0.717) is 18.2 Å². The maximum Gasteiger partial charge on any atom is 0.514 e. The summed E-state index contributed by atoms with van der Waals surface area (Å²) in [6.07, 6.45) is 5.45. The van der Waals surface area contributed by atoms with Gasteiger partial charge in [0.2, 0.25) is 0 Å². The number of amides is 1. The van der Waals surface area contributed by atoms with Crippen LogP contribution in [0.4, 0.5) is 9.59 Å². The van der Waals surface area contributed by atoms with Gasteiger partial charge in [0, 0.05) is 18.0 Å². The van der Waals surface area contributed by atoms with Gasteiger partial charge in [-0.3, -0.25) is 0 Å². The highest BCUT2D eigenvalue weighted by atomic mass is 16.7. The molecule has 6 nitrogen and oxygen atoms in total. The van der Waals surface area contributed by atoms with Gasteiger partial charge in [0.05, 0.1) is 0 Å². The van der Waals surface area contributed by atoms with E-state index in [0.717, 1.165) is 25.7 Å². The molecular formula is C26H37NO5. The molecule has 2 bridgehead atoms. The standard InChI is InChI=1S/C26H37NO5/c1-24(2,3)31-22(28)27-14-13-26-12-8-7-9-19(26)21(27)15-17-10-11-18(16-20(17)26)30-23(29)32-25(4,5)6/h10-11,16,19,21H,7-9,12-15H2,1-6H3. The Morgan fingerprint density at radius 3 is 2.41 bits per heavy atom. The van der Waals surface area contributed by atoms with Gasteiger partial charge in [-0.2, -0.15) is 0 Å². The third kappa shape index (κ3) is 4.46. The summed E-state index contributed by atoms with van der Waals surface area (Å²) in [7, 11) is 0. The molecule has 0 spiro atoms. The number of carbonyl (C=O) groups is 2. The lowest BCUT2D eigenvalue weighted by molar-refractivity contribution is -0.0350. The highest BCUT2D eigenvalue weighted by Gasteiger charge is 2.55. The highest BCUT2D eigenvalue weighted by molar-refractivity contribution is 5.70. The summed E-state index contributed by atoms with van der Waals surface area (Å²) in [4.78, 5) is 27.2. The Labute approximate surface area is 191 Å². The lowest BCUT2D eigenvalue weighted by Crippen LogP contribution is -2.62. The molecule has 2 fully saturated rings. The van der Waals surface area contributed by atoms with Crippen LogP contribution in [0.15, 0.2) is 18.2 Å². The number of nitrogens with zero attached hydrogens (tertiary/aromatic N) is 1. The van der Waals surface area contributed by atoms with Gasteiger partial charge in [0.25, 0.3) is 0 Å². The van der Waals surface area contributed by atoms with Crippen molar-refractivity contribution in [2.45, 2.75) is 103 Å². The second-order valence-electron chi connectivity index (χ2n) is 11.6. The number of piperidine rings is 1. The van der Waals surface area contributed by atoms with Gasteiger partial charge < -0.3 is 19.1 Å². The summed E-state index contributed by atoms with van der Waals surface area (Å²) in [6, 6.07) is 6.12. The maximum atomic E-state index is 13.0. The zero-order chi connectivity index (χ0) is 23.3. The molecule has 3 aliphatic rings. The predicted molar refractivity (Wildman–Crippen MR) is 122 cm³/mol. The molecule has 3 atom stereocenters. The van der Waals surface area contributed by atoms with Gasteiger partial charge in [-0.05, 0) is 96.4 Å². The number of ether oxygens (including phenoxy) is 3. The molecule has 0 N–H and O–H groups in total. The number of fused-ring (bicyclic) bond motifs is 1. The summed E-state index contributed by atoms with van der Waals surface area (Å²) in [6.45, 7) is 11.9. The van der Waals surface area contributed by atoms with Crippen molar-refractivity contribution in [2.75, 3.05) is 6.54 Å². The van der Waals surface area contributed by atoms with E-state index < -0.39 is 17.4 Å². The quantitative estimate of drug-likeness (QED) is 0.394. The fourth-order valence-corrected chi connectivity index (χ4v) is 5.96. The zero-order valence-electron chi connectivity index (χ0n) is 20.3. The number of carbonyl (C=O) groups excluding carboxylic acids is 2. The third-order valence-electron chi connectivity index (χ3n) is 7.03. The normalized spacial score (nSPS) is 27.1. The summed E-state index contributed by atoms with van der Waals surface area (Å²) in [5.74, 6) is 0.937. The van der Waals surface area contributed by atoms with E-state index in [9.17, 15) is 9.59 Å². The van der Waals surface area contributed by atoms with Crippen molar-refractivity contribution < 1.29 is 23.8 Å². The van der Waals surface area contributed by atoms with Crippen LogP contribution in [0.1, 0.15) is 84.8 Å². The Hall–Kier alpha value is -2.24. The first kappa shape index (κ1) is 22.9. The number of hydrogen-bond acceptors (Lipinski definition) is 5. The third-order valence-corrected chi connectivity index (χ3v) is 7.03. The number of hydrogen-bond donors (Lipinski definition) is 0. The molecule has 32 heavy (non-hydrogen) atoms. The van der Waals surface area contributed by atoms with Gasteiger partial charge >= 0.3 is 12.2 Å². The fraction of sp³-hybridized carbons (Fsp3) is 0.692. The lowest BCUT2D eigenvalue weighted by Gasteiger charge is -2.58. The molecule has 2 aliphatic carbocycles. The van der Waals surface area contributed by atoms with Crippen LogP contribution < -0.4 is 4.74 Å². The molecule has 4 rings (SSSR count). The Balaban J connectivity index is 1.63. The van der Waals surface area contributed by atoms with Crippen LogP contribution in [0.3, 0.4) is 0 Å². The van der Waals surface area contributed by atoms with Crippen molar-refractivity contribution in [2.24, 2.45) is 5.92 Å². The first-order valence-corrected chi connectivity index (χ1v) is 11.9. The lowest BCUT2D eigenvalue weighted by atomic mass is 9.52. The van der Waals surface area contributed by atoms with Crippen molar-refractivity contribution in [1.29, 1.82) is 0 Å². The van der Waals surface area contributed by atoms with Gasteiger partial charge in [-0.15, -0.1) is 0 Å². The number of benzene rings is 1. The van der Waals surface area contributed by atoms with E-state index in [1.807, 2.05) is 52.5 Å². The van der Waals surface area contributed by atoms with Gasteiger partial charge in [-0.1, -0.05) is 18.9 Å². The van der Waals surface area contributed by atoms with E-state index in [2.05, 4.69) is 12.1 Å². The molecule has 3 unspecified atom stereocenters. The van der Waals surface area contributed by atoms with E-state index in [4.69, 9.17) is 14.2 Å². The highest BCUT2D eigenvalue weighted by Crippen LogP contribution is 2.56. The Bertz CT molecular complexity index is 896. The summed E-state index contributed by atoms with van der Waals surface area (Å²) >= 11 is 0. The second-order valence-corrected chi connectivity index (χ2v) is 11.6. The van der Waals surface area contributed by atoms with Crippen molar-refractivity contribution >= 4 is 12.2 Å². The first-order chi connectivity index (χ1) is 14.9. The Morgan fingerprint density at radius 2 is 1.72 bits per heavy atom. The topological polar surface area (TPSA) is 65.1 Å². The van der Waals surface area contributed by atoms with Gasteiger partial charge in [-0.25, -0.2) is 9.59 Å². The second kappa shape index (κ2) is 7.96. The molecule has 1 saturated heterocycles. The van der Waals surface area contributed by atoms with E-state index >= 15 is 0 Å². The van der Waals surface area contributed by atoms with E-state index in [1.165, 1.54) is 24.0 Å². The van der Waals surface area contributed by atoms with Crippen LogP contribution in [0.5, 0.6) is 5.75 Å². The molecular weight excluding hydrogens is 406 g/mol. The minimum atomic E-state index is -0.677. The van der Waals surface area contributed by atoms with Crippen molar-refractivity contribution in [1.82, 2.24) is 4.90 Å². The molecule has 0 aromatic heterocycles. The SMILES string of the molecule is CC(C)(C)OC(=O)Oc1ccc2c(c1)C13CCCCC1C(C2)N(C(=O)OC(C)(C)C)CC3. The molecule has 1 aromatic carbocycles. The molecule has 1 aromatic rings. The maximum absolute atomic E-state index is 13.0. The van der Waals surface area contributed by atoms with Crippen molar-refractivity contribution in [3.8, 4) is 5.75 Å².